The van der Waals surface area contributed by atoms with Crippen molar-refractivity contribution in [3.05, 3.63) is 29.8 Å². The third-order valence-electron chi connectivity index (χ3n) is 3.91. The Labute approximate surface area is 117 Å². The second-order valence-corrected chi connectivity index (χ2v) is 5.12. The monoisotopic (exact) mass is 275 g/mol. The zero-order chi connectivity index (χ0) is 14.3. The van der Waals surface area contributed by atoms with Crippen LogP contribution in [0.4, 0.5) is 10.5 Å². The summed E-state index contributed by atoms with van der Waals surface area (Å²) in [4.78, 5) is 26.8. The number of nitrogens with two attached hydrogens (primary N) is 1. The van der Waals surface area contributed by atoms with Gasteiger partial charge in [-0.2, -0.15) is 0 Å². The molecule has 6 heteroatoms. The van der Waals surface area contributed by atoms with Crippen LogP contribution in [0.1, 0.15) is 12.5 Å². The van der Waals surface area contributed by atoms with Gasteiger partial charge < -0.3 is 15.4 Å². The van der Waals surface area contributed by atoms with Crippen molar-refractivity contribution >= 4 is 17.7 Å². The zero-order valence-corrected chi connectivity index (χ0v) is 11.3. The molecule has 3 rings (SSSR count). The van der Waals surface area contributed by atoms with Crippen LogP contribution in [0, 0.1) is 0 Å². The van der Waals surface area contributed by atoms with Crippen molar-refractivity contribution in [3.63, 3.8) is 0 Å². The van der Waals surface area contributed by atoms with Crippen molar-refractivity contribution in [2.24, 2.45) is 5.73 Å². The van der Waals surface area contributed by atoms with Gasteiger partial charge in [0.1, 0.15) is 6.10 Å². The van der Waals surface area contributed by atoms with Gasteiger partial charge in [0.15, 0.2) is 0 Å². The van der Waals surface area contributed by atoms with Gasteiger partial charge in [0, 0.05) is 12.6 Å². The first kappa shape index (κ1) is 12.9. The number of rotatable bonds is 2. The fourth-order valence-electron chi connectivity index (χ4n) is 3.00. The minimum absolute atomic E-state index is 0.0396. The summed E-state index contributed by atoms with van der Waals surface area (Å²) >= 11 is 0. The van der Waals surface area contributed by atoms with Gasteiger partial charge in [0.05, 0.1) is 19.3 Å². The summed E-state index contributed by atoms with van der Waals surface area (Å²) in [5.74, 6) is -0.0396. The van der Waals surface area contributed by atoms with Crippen molar-refractivity contribution in [1.29, 1.82) is 0 Å². The molecule has 20 heavy (non-hydrogen) atoms. The van der Waals surface area contributed by atoms with Crippen LogP contribution in [0.3, 0.4) is 0 Å². The fourth-order valence-corrected chi connectivity index (χ4v) is 3.00. The molecule has 2 unspecified atom stereocenters. The molecule has 2 atom stereocenters. The summed E-state index contributed by atoms with van der Waals surface area (Å²) in [6.07, 6.45) is -0.0362. The minimum Gasteiger partial charge on any atom is -0.442 e. The Balaban J connectivity index is 1.88. The molecule has 1 aromatic rings. The topological polar surface area (TPSA) is 75.9 Å². The summed E-state index contributed by atoms with van der Waals surface area (Å²) in [6.45, 7) is 2.10. The second kappa shape index (κ2) is 4.79. The Hall–Kier alpha value is -2.08. The first-order valence-corrected chi connectivity index (χ1v) is 6.65. The van der Waals surface area contributed by atoms with Crippen molar-refractivity contribution < 1.29 is 14.3 Å². The quantitative estimate of drug-likeness (QED) is 0.862. The van der Waals surface area contributed by atoms with E-state index in [0.29, 0.717) is 13.0 Å². The first-order chi connectivity index (χ1) is 9.61. The lowest BCUT2D eigenvalue weighted by molar-refractivity contribution is -0.117. The van der Waals surface area contributed by atoms with E-state index in [1.54, 1.807) is 4.90 Å². The maximum Gasteiger partial charge on any atom is 0.411 e. The number of fused-ring (bicyclic) bond motifs is 1. The molecular weight excluding hydrogens is 258 g/mol. The number of hydrogen-bond acceptors (Lipinski definition) is 4. The fraction of sp³-hybridized carbons (Fsp3) is 0.429. The van der Waals surface area contributed by atoms with Gasteiger partial charge in [0.25, 0.3) is 0 Å². The Morgan fingerprint density at radius 2 is 2.20 bits per heavy atom. The molecule has 2 amide bonds. The van der Waals surface area contributed by atoms with E-state index in [9.17, 15) is 9.59 Å². The molecule has 0 saturated carbocycles. The van der Waals surface area contributed by atoms with E-state index in [-0.39, 0.29) is 24.7 Å². The van der Waals surface area contributed by atoms with Crippen LogP contribution in [-0.2, 0) is 16.0 Å². The molecule has 0 bridgehead atoms. The smallest absolute Gasteiger partial charge is 0.411 e. The second-order valence-electron chi connectivity index (χ2n) is 5.12. The van der Waals surface area contributed by atoms with Crippen LogP contribution < -0.4 is 10.6 Å². The van der Waals surface area contributed by atoms with E-state index in [0.717, 1.165) is 11.3 Å². The van der Waals surface area contributed by atoms with Crippen LogP contribution in [0.2, 0.25) is 0 Å². The van der Waals surface area contributed by atoms with Crippen molar-refractivity contribution in [1.82, 2.24) is 4.90 Å². The Morgan fingerprint density at radius 3 is 2.85 bits per heavy atom. The maximum atomic E-state index is 12.0. The van der Waals surface area contributed by atoms with Gasteiger partial charge in [0.2, 0.25) is 5.91 Å². The van der Waals surface area contributed by atoms with Gasteiger partial charge >= 0.3 is 6.09 Å². The molecule has 0 spiro atoms. The number of anilines is 1. The van der Waals surface area contributed by atoms with E-state index in [1.807, 2.05) is 24.3 Å². The molecule has 1 fully saturated rings. The predicted molar refractivity (Wildman–Crippen MR) is 73.1 cm³/mol. The SMILES string of the molecule is CC(=O)N1c2ccccc2CC1C1CN(CN)C(=O)O1. The third-order valence-corrected chi connectivity index (χ3v) is 3.91. The largest absolute Gasteiger partial charge is 0.442 e. The number of para-hydroxylation sites is 1. The number of amides is 2. The molecule has 6 nitrogen and oxygen atoms in total. The maximum absolute atomic E-state index is 12.0. The number of carbonyl (C=O) groups is 2. The highest BCUT2D eigenvalue weighted by atomic mass is 16.6. The highest BCUT2D eigenvalue weighted by Crippen LogP contribution is 2.35. The molecule has 0 aliphatic carbocycles. The van der Waals surface area contributed by atoms with Gasteiger partial charge in [-0.3, -0.25) is 9.69 Å². The molecule has 2 heterocycles. The van der Waals surface area contributed by atoms with Crippen LogP contribution >= 0.6 is 0 Å². The lowest BCUT2D eigenvalue weighted by atomic mass is 10.1. The summed E-state index contributed by atoms with van der Waals surface area (Å²) in [7, 11) is 0. The average Bonchev–Trinajstić information content (AvgIpc) is 2.98. The van der Waals surface area contributed by atoms with E-state index >= 15 is 0 Å². The normalized spacial score (nSPS) is 24.8. The Kier molecular flexibility index (Phi) is 3.10. The number of nitrogens with zero attached hydrogens (tertiary/aromatic N) is 2. The molecule has 106 valence electrons. The lowest BCUT2D eigenvalue weighted by Gasteiger charge is -2.27. The van der Waals surface area contributed by atoms with Crippen LogP contribution in [0.25, 0.3) is 0 Å². The van der Waals surface area contributed by atoms with Gasteiger partial charge in [-0.05, 0) is 18.1 Å². The molecule has 2 aliphatic rings. The first-order valence-electron chi connectivity index (χ1n) is 6.65. The van der Waals surface area contributed by atoms with E-state index in [4.69, 9.17) is 10.5 Å². The standard InChI is InChI=1S/C14H17N3O3/c1-9(18)17-11-5-3-2-4-10(11)6-12(17)13-7-16(8-15)14(19)20-13/h2-5,12-13H,6-8,15H2,1H3. The number of carbonyl (C=O) groups excluding carboxylic acids is 2. The molecular formula is C14H17N3O3. The van der Waals surface area contributed by atoms with E-state index < -0.39 is 6.09 Å². The van der Waals surface area contributed by atoms with Crippen LogP contribution in [-0.4, -0.2) is 42.3 Å². The number of cyclic esters (lactones) is 1. The lowest BCUT2D eigenvalue weighted by Crippen LogP contribution is -2.46. The summed E-state index contributed by atoms with van der Waals surface area (Å²) in [5.41, 5.74) is 7.52. The Morgan fingerprint density at radius 1 is 1.45 bits per heavy atom. The molecule has 0 aromatic heterocycles. The predicted octanol–water partition coefficient (Wildman–Crippen LogP) is 0.701. The molecule has 0 radical (unpaired) electrons. The zero-order valence-electron chi connectivity index (χ0n) is 11.3. The highest BCUT2D eigenvalue weighted by molar-refractivity contribution is 5.94. The number of benzene rings is 1. The minimum atomic E-state index is -0.406. The number of hydrogen-bond donors (Lipinski definition) is 1. The van der Waals surface area contributed by atoms with E-state index in [1.165, 1.54) is 11.8 Å². The molecule has 2 aliphatic heterocycles. The molecule has 1 aromatic carbocycles. The van der Waals surface area contributed by atoms with E-state index in [2.05, 4.69) is 0 Å². The van der Waals surface area contributed by atoms with Crippen LogP contribution in [0.5, 0.6) is 0 Å². The van der Waals surface area contributed by atoms with Gasteiger partial charge in [-0.15, -0.1) is 0 Å². The molecule has 1 saturated heterocycles. The van der Waals surface area contributed by atoms with Crippen molar-refractivity contribution in [2.45, 2.75) is 25.5 Å². The third kappa shape index (κ3) is 1.92. The summed E-state index contributed by atoms with van der Waals surface area (Å²) in [6, 6.07) is 7.64. The summed E-state index contributed by atoms with van der Waals surface area (Å²) < 4.78 is 5.37. The van der Waals surface area contributed by atoms with Gasteiger partial charge in [-0.1, -0.05) is 18.2 Å². The average molecular weight is 275 g/mol. The summed E-state index contributed by atoms with van der Waals surface area (Å²) in [5, 5.41) is 0. The van der Waals surface area contributed by atoms with Crippen LogP contribution in [0.15, 0.2) is 24.3 Å². The van der Waals surface area contributed by atoms with Crippen molar-refractivity contribution in [3.8, 4) is 0 Å². The van der Waals surface area contributed by atoms with Gasteiger partial charge in [-0.25, -0.2) is 4.79 Å². The highest BCUT2D eigenvalue weighted by Gasteiger charge is 2.43. The Bertz CT molecular complexity index is 560. The van der Waals surface area contributed by atoms with Crippen molar-refractivity contribution in [2.75, 3.05) is 18.1 Å². The molecule has 2 N–H and O–H groups in total. The number of ether oxygens (including phenoxy) is 1.